The predicted molar refractivity (Wildman–Crippen MR) is 101 cm³/mol. The summed E-state index contributed by atoms with van der Waals surface area (Å²) in [7, 11) is 0. The number of aliphatic imine (C=N–C) groups is 1. The first-order valence-corrected chi connectivity index (χ1v) is 9.49. The summed E-state index contributed by atoms with van der Waals surface area (Å²) in [6.07, 6.45) is 11.2. The first-order chi connectivity index (χ1) is 12.3. The molecule has 0 radical (unpaired) electrons. The van der Waals surface area contributed by atoms with Crippen LogP contribution in [-0.2, 0) is 4.79 Å². The van der Waals surface area contributed by atoms with Gasteiger partial charge in [-0.2, -0.15) is 0 Å². The average Bonchev–Trinajstić information content (AvgIpc) is 3.26. The highest BCUT2D eigenvalue weighted by atomic mass is 32.2. The number of amides is 1. The van der Waals surface area contributed by atoms with E-state index in [2.05, 4.69) is 15.0 Å². The maximum atomic E-state index is 13.1. The Labute approximate surface area is 151 Å². The SMILES string of the molecule is O=C1/C(=C\c2ccc[nH]2)S/C(=N/c2ccccn2)N1C1CCCCC1. The van der Waals surface area contributed by atoms with E-state index < -0.39 is 0 Å². The maximum Gasteiger partial charge on any atom is 0.267 e. The summed E-state index contributed by atoms with van der Waals surface area (Å²) >= 11 is 1.44. The Morgan fingerprint density at radius 3 is 2.80 bits per heavy atom. The summed E-state index contributed by atoms with van der Waals surface area (Å²) in [5, 5.41) is 0.744. The number of carbonyl (C=O) groups is 1. The van der Waals surface area contributed by atoms with Gasteiger partial charge < -0.3 is 4.98 Å². The smallest absolute Gasteiger partial charge is 0.267 e. The normalized spacial score (nSPS) is 22.2. The van der Waals surface area contributed by atoms with Crippen LogP contribution in [0.5, 0.6) is 0 Å². The molecule has 0 unspecified atom stereocenters. The Hall–Kier alpha value is -2.34. The number of aromatic nitrogens is 2. The first kappa shape index (κ1) is 16.1. The van der Waals surface area contributed by atoms with Crippen LogP contribution in [0.2, 0.25) is 0 Å². The third kappa shape index (κ3) is 3.54. The molecule has 1 aliphatic carbocycles. The maximum absolute atomic E-state index is 13.1. The molecule has 3 heterocycles. The van der Waals surface area contributed by atoms with Crippen LogP contribution < -0.4 is 0 Å². The van der Waals surface area contributed by atoms with Crippen molar-refractivity contribution in [3.05, 3.63) is 53.3 Å². The number of nitrogens with zero attached hydrogens (tertiary/aromatic N) is 3. The Morgan fingerprint density at radius 2 is 2.08 bits per heavy atom. The van der Waals surface area contributed by atoms with Gasteiger partial charge in [-0.15, -0.1) is 0 Å². The fraction of sp³-hybridized carbons (Fsp3) is 0.316. The van der Waals surface area contributed by atoms with Gasteiger partial charge in [0.15, 0.2) is 11.0 Å². The number of pyridine rings is 1. The van der Waals surface area contributed by atoms with E-state index in [0.717, 1.165) is 23.7 Å². The van der Waals surface area contributed by atoms with E-state index in [4.69, 9.17) is 0 Å². The van der Waals surface area contributed by atoms with E-state index in [1.54, 1.807) is 6.20 Å². The molecule has 0 aromatic carbocycles. The van der Waals surface area contributed by atoms with Crippen molar-refractivity contribution in [2.24, 2.45) is 4.99 Å². The second-order valence-electron chi connectivity index (χ2n) is 6.29. The van der Waals surface area contributed by atoms with Crippen molar-refractivity contribution in [2.45, 2.75) is 38.1 Å². The molecule has 0 bridgehead atoms. The molecule has 4 rings (SSSR count). The Bertz CT molecular complexity index is 792. The van der Waals surface area contributed by atoms with Gasteiger partial charge >= 0.3 is 0 Å². The van der Waals surface area contributed by atoms with Crippen LogP contribution in [0.25, 0.3) is 6.08 Å². The molecule has 0 spiro atoms. The van der Waals surface area contributed by atoms with Gasteiger partial charge in [-0.05, 0) is 54.9 Å². The lowest BCUT2D eigenvalue weighted by atomic mass is 9.94. The summed E-state index contributed by atoms with van der Waals surface area (Å²) in [5.41, 5.74) is 0.929. The number of hydrogen-bond acceptors (Lipinski definition) is 4. The molecule has 25 heavy (non-hydrogen) atoms. The lowest BCUT2D eigenvalue weighted by Crippen LogP contribution is -2.40. The molecule has 2 aromatic heterocycles. The summed E-state index contributed by atoms with van der Waals surface area (Å²) in [4.78, 5) is 27.7. The highest BCUT2D eigenvalue weighted by Gasteiger charge is 2.38. The van der Waals surface area contributed by atoms with Gasteiger partial charge in [0.25, 0.3) is 5.91 Å². The summed E-state index contributed by atoms with van der Waals surface area (Å²) < 4.78 is 0. The van der Waals surface area contributed by atoms with Gasteiger partial charge in [0.1, 0.15) is 0 Å². The number of thioether (sulfide) groups is 1. The van der Waals surface area contributed by atoms with E-state index >= 15 is 0 Å². The summed E-state index contributed by atoms with van der Waals surface area (Å²) in [6, 6.07) is 9.77. The highest BCUT2D eigenvalue weighted by Crippen LogP contribution is 2.38. The largest absolute Gasteiger partial charge is 0.362 e. The molecule has 2 aliphatic rings. The second kappa shape index (κ2) is 7.27. The van der Waals surface area contributed by atoms with Crippen molar-refractivity contribution in [3.8, 4) is 0 Å². The zero-order valence-corrected chi connectivity index (χ0v) is 14.7. The molecule has 1 N–H and O–H groups in total. The van der Waals surface area contributed by atoms with Gasteiger partial charge in [0.05, 0.1) is 4.91 Å². The molecule has 1 saturated heterocycles. The van der Waals surface area contributed by atoms with Crippen molar-refractivity contribution in [1.82, 2.24) is 14.9 Å². The number of nitrogens with one attached hydrogen (secondary N) is 1. The number of rotatable bonds is 3. The minimum absolute atomic E-state index is 0.0566. The van der Waals surface area contributed by atoms with Crippen LogP contribution in [0.4, 0.5) is 5.82 Å². The molecule has 1 aliphatic heterocycles. The summed E-state index contributed by atoms with van der Waals surface area (Å²) in [6.45, 7) is 0. The lowest BCUT2D eigenvalue weighted by molar-refractivity contribution is -0.124. The Kier molecular flexibility index (Phi) is 4.70. The van der Waals surface area contributed by atoms with Gasteiger partial charge in [-0.3, -0.25) is 9.69 Å². The molecule has 1 amide bonds. The number of amidine groups is 1. The number of aromatic amines is 1. The van der Waals surface area contributed by atoms with Crippen molar-refractivity contribution < 1.29 is 4.79 Å². The monoisotopic (exact) mass is 352 g/mol. The van der Waals surface area contributed by atoms with Gasteiger partial charge in [-0.25, -0.2) is 9.98 Å². The second-order valence-corrected chi connectivity index (χ2v) is 7.29. The third-order valence-corrected chi connectivity index (χ3v) is 5.53. The molecule has 2 aromatic rings. The fourth-order valence-electron chi connectivity index (χ4n) is 3.32. The van der Waals surface area contributed by atoms with E-state index in [0.29, 0.717) is 10.7 Å². The zero-order valence-electron chi connectivity index (χ0n) is 13.9. The molecule has 2 fully saturated rings. The number of carbonyl (C=O) groups excluding carboxylic acids is 1. The van der Waals surface area contributed by atoms with E-state index in [1.165, 1.54) is 31.0 Å². The fourth-order valence-corrected chi connectivity index (χ4v) is 4.36. The molecule has 6 heteroatoms. The van der Waals surface area contributed by atoms with Crippen LogP contribution in [0, 0.1) is 0 Å². The van der Waals surface area contributed by atoms with Crippen molar-refractivity contribution in [3.63, 3.8) is 0 Å². The van der Waals surface area contributed by atoms with E-state index in [-0.39, 0.29) is 11.9 Å². The Morgan fingerprint density at radius 1 is 1.20 bits per heavy atom. The van der Waals surface area contributed by atoms with Gasteiger partial charge in [0, 0.05) is 24.1 Å². The van der Waals surface area contributed by atoms with Gasteiger partial charge in [0.2, 0.25) is 0 Å². The van der Waals surface area contributed by atoms with E-state index in [1.807, 2.05) is 47.5 Å². The van der Waals surface area contributed by atoms with Crippen LogP contribution in [-0.4, -0.2) is 32.0 Å². The molecule has 128 valence electrons. The first-order valence-electron chi connectivity index (χ1n) is 8.67. The number of hydrogen-bond donors (Lipinski definition) is 1. The topological polar surface area (TPSA) is 61.4 Å². The van der Waals surface area contributed by atoms with Crippen LogP contribution in [0.1, 0.15) is 37.8 Å². The van der Waals surface area contributed by atoms with Crippen molar-refractivity contribution in [2.75, 3.05) is 0 Å². The average molecular weight is 352 g/mol. The molecular formula is C19H20N4OS. The minimum atomic E-state index is 0.0566. The van der Waals surface area contributed by atoms with Gasteiger partial charge in [-0.1, -0.05) is 25.3 Å². The molecule has 1 saturated carbocycles. The standard InChI is InChI=1S/C19H20N4OS/c24-18-16(13-14-7-6-12-20-14)25-19(22-17-10-4-5-11-21-17)23(18)15-8-2-1-3-9-15/h4-7,10-13,15,20H,1-3,8-9H2/b16-13+,22-19+. The third-order valence-electron chi connectivity index (χ3n) is 4.54. The van der Waals surface area contributed by atoms with E-state index in [9.17, 15) is 4.79 Å². The lowest BCUT2D eigenvalue weighted by Gasteiger charge is -2.30. The molecular weight excluding hydrogens is 332 g/mol. The molecule has 0 atom stereocenters. The highest BCUT2D eigenvalue weighted by molar-refractivity contribution is 8.18. The van der Waals surface area contributed by atoms with Crippen molar-refractivity contribution in [1.29, 1.82) is 0 Å². The number of H-pyrrole nitrogens is 1. The van der Waals surface area contributed by atoms with Crippen LogP contribution in [0.3, 0.4) is 0 Å². The zero-order chi connectivity index (χ0) is 17.1. The Balaban J connectivity index is 1.69. The minimum Gasteiger partial charge on any atom is -0.362 e. The van der Waals surface area contributed by atoms with Crippen LogP contribution >= 0.6 is 11.8 Å². The summed E-state index contributed by atoms with van der Waals surface area (Å²) in [5.74, 6) is 0.695. The molecule has 5 nitrogen and oxygen atoms in total. The van der Waals surface area contributed by atoms with Crippen LogP contribution in [0.15, 0.2) is 52.6 Å². The quantitative estimate of drug-likeness (QED) is 0.836. The van der Waals surface area contributed by atoms with Crippen molar-refractivity contribution >= 4 is 34.7 Å². The predicted octanol–water partition coefficient (Wildman–Crippen LogP) is 4.35.